The highest BCUT2D eigenvalue weighted by atomic mass is 35.5. The molecule has 1 saturated heterocycles. The molecule has 1 fully saturated rings. The van der Waals surface area contributed by atoms with Gasteiger partial charge >= 0.3 is 0 Å². The second-order valence-electron chi connectivity index (χ2n) is 5.38. The second-order valence-corrected chi connectivity index (χ2v) is 5.38. The zero-order valence-corrected chi connectivity index (χ0v) is 14.0. The van der Waals surface area contributed by atoms with Gasteiger partial charge in [-0.3, -0.25) is 14.5 Å². The van der Waals surface area contributed by atoms with Gasteiger partial charge in [0.15, 0.2) is 0 Å². The minimum Gasteiger partial charge on any atom is -0.353 e. The molecule has 0 spiro atoms. The van der Waals surface area contributed by atoms with Crippen molar-refractivity contribution in [3.63, 3.8) is 0 Å². The average Bonchev–Trinajstić information content (AvgIpc) is 2.55. The fourth-order valence-corrected chi connectivity index (χ4v) is 2.37. The number of benzene rings is 1. The number of amides is 2. The molecule has 0 radical (unpaired) electrons. The van der Waals surface area contributed by atoms with E-state index in [0.29, 0.717) is 13.0 Å². The van der Waals surface area contributed by atoms with Gasteiger partial charge in [-0.05, 0) is 5.56 Å². The number of nitrogens with one attached hydrogen (secondary N) is 3. The third kappa shape index (κ3) is 7.97. The summed E-state index contributed by atoms with van der Waals surface area (Å²) in [7, 11) is 0. The van der Waals surface area contributed by atoms with Crippen LogP contribution in [0.1, 0.15) is 5.56 Å². The zero-order valence-electron chi connectivity index (χ0n) is 13.2. The van der Waals surface area contributed by atoms with E-state index in [0.717, 1.165) is 38.3 Å². The Morgan fingerprint density at radius 1 is 1.04 bits per heavy atom. The first kappa shape index (κ1) is 19.4. The van der Waals surface area contributed by atoms with E-state index in [1.807, 2.05) is 30.3 Å². The summed E-state index contributed by atoms with van der Waals surface area (Å²) in [6.07, 6.45) is 0.300. The summed E-state index contributed by atoms with van der Waals surface area (Å²) >= 11 is 0. The van der Waals surface area contributed by atoms with E-state index >= 15 is 0 Å². The maximum atomic E-state index is 11.7. The summed E-state index contributed by atoms with van der Waals surface area (Å²) < 4.78 is 0. The van der Waals surface area contributed by atoms with Crippen molar-refractivity contribution < 1.29 is 9.59 Å². The molecular formula is C16H25ClN4O2. The highest BCUT2D eigenvalue weighted by Crippen LogP contribution is 1.98. The highest BCUT2D eigenvalue weighted by Gasteiger charge is 2.10. The van der Waals surface area contributed by atoms with Crippen LogP contribution in [0.15, 0.2) is 30.3 Å². The first-order chi connectivity index (χ1) is 10.7. The van der Waals surface area contributed by atoms with Crippen LogP contribution in [0.3, 0.4) is 0 Å². The molecule has 3 N–H and O–H groups in total. The van der Waals surface area contributed by atoms with Gasteiger partial charge in [-0.2, -0.15) is 0 Å². The minimum absolute atomic E-state index is 0. The van der Waals surface area contributed by atoms with E-state index in [-0.39, 0.29) is 30.8 Å². The molecule has 2 rings (SSSR count). The van der Waals surface area contributed by atoms with Crippen LogP contribution in [0.4, 0.5) is 0 Å². The summed E-state index contributed by atoms with van der Waals surface area (Å²) in [5.74, 6) is -0.278. The Morgan fingerprint density at radius 2 is 1.74 bits per heavy atom. The molecule has 1 aromatic carbocycles. The van der Waals surface area contributed by atoms with Gasteiger partial charge in [-0.1, -0.05) is 30.3 Å². The summed E-state index contributed by atoms with van der Waals surface area (Å²) in [6.45, 7) is 5.55. The highest BCUT2D eigenvalue weighted by molar-refractivity contribution is 5.86. The first-order valence-corrected chi connectivity index (χ1v) is 7.74. The standard InChI is InChI=1S/C16H24N4O2.ClH/c21-15(12-14-4-2-1-3-5-14)19-13-16(22)18-8-11-20-9-6-17-7-10-20;/h1-5,17H,6-13H2,(H,18,22)(H,19,21);1H. The van der Waals surface area contributed by atoms with Gasteiger partial charge in [0, 0.05) is 39.3 Å². The lowest BCUT2D eigenvalue weighted by atomic mass is 10.1. The van der Waals surface area contributed by atoms with E-state index < -0.39 is 0 Å². The van der Waals surface area contributed by atoms with Crippen molar-refractivity contribution in [1.82, 2.24) is 20.9 Å². The molecule has 0 unspecified atom stereocenters. The first-order valence-electron chi connectivity index (χ1n) is 7.74. The molecule has 0 aromatic heterocycles. The van der Waals surface area contributed by atoms with Crippen molar-refractivity contribution >= 4 is 24.2 Å². The van der Waals surface area contributed by atoms with Gasteiger partial charge in [0.2, 0.25) is 11.8 Å². The van der Waals surface area contributed by atoms with Crippen LogP contribution in [-0.2, 0) is 16.0 Å². The Bertz CT molecular complexity index is 478. The second kappa shape index (κ2) is 11.0. The number of halogens is 1. The summed E-state index contributed by atoms with van der Waals surface area (Å²) in [6, 6.07) is 9.49. The summed E-state index contributed by atoms with van der Waals surface area (Å²) in [4.78, 5) is 25.7. The topological polar surface area (TPSA) is 73.5 Å². The van der Waals surface area contributed by atoms with Gasteiger partial charge in [0.1, 0.15) is 0 Å². The Labute approximate surface area is 143 Å². The van der Waals surface area contributed by atoms with Crippen molar-refractivity contribution in [3.05, 3.63) is 35.9 Å². The van der Waals surface area contributed by atoms with E-state index in [2.05, 4.69) is 20.9 Å². The smallest absolute Gasteiger partial charge is 0.239 e. The van der Waals surface area contributed by atoms with Gasteiger partial charge in [-0.25, -0.2) is 0 Å². The van der Waals surface area contributed by atoms with Crippen LogP contribution in [0.5, 0.6) is 0 Å². The molecular weight excluding hydrogens is 316 g/mol. The molecule has 0 bridgehead atoms. The maximum Gasteiger partial charge on any atom is 0.239 e. The number of hydrogen-bond donors (Lipinski definition) is 3. The van der Waals surface area contributed by atoms with E-state index in [4.69, 9.17) is 0 Å². The number of carbonyl (C=O) groups excluding carboxylic acids is 2. The predicted molar refractivity (Wildman–Crippen MR) is 92.7 cm³/mol. The molecule has 1 heterocycles. The number of rotatable bonds is 7. The monoisotopic (exact) mass is 340 g/mol. The summed E-state index contributed by atoms with van der Waals surface area (Å²) in [5, 5.41) is 8.77. The maximum absolute atomic E-state index is 11.7. The fourth-order valence-electron chi connectivity index (χ4n) is 2.37. The Kier molecular flexibility index (Phi) is 9.28. The number of piperazine rings is 1. The van der Waals surface area contributed by atoms with Crippen LogP contribution < -0.4 is 16.0 Å². The lowest BCUT2D eigenvalue weighted by Crippen LogP contribution is -2.47. The quantitative estimate of drug-likeness (QED) is 0.642. The van der Waals surface area contributed by atoms with Gasteiger partial charge in [-0.15, -0.1) is 12.4 Å². The predicted octanol–water partition coefficient (Wildman–Crippen LogP) is -0.211. The molecule has 7 heteroatoms. The molecule has 2 amide bonds. The third-order valence-corrected chi connectivity index (χ3v) is 3.61. The SMILES string of the molecule is Cl.O=C(CNC(=O)Cc1ccccc1)NCCN1CCNCC1. The van der Waals surface area contributed by atoms with Crippen molar-refractivity contribution in [2.45, 2.75) is 6.42 Å². The molecule has 0 aliphatic carbocycles. The van der Waals surface area contributed by atoms with E-state index in [1.54, 1.807) is 0 Å². The lowest BCUT2D eigenvalue weighted by molar-refractivity contribution is -0.125. The number of nitrogens with zero attached hydrogens (tertiary/aromatic N) is 1. The Morgan fingerprint density at radius 3 is 2.43 bits per heavy atom. The van der Waals surface area contributed by atoms with Crippen LogP contribution in [0, 0.1) is 0 Å². The van der Waals surface area contributed by atoms with Gasteiger partial charge < -0.3 is 16.0 Å². The zero-order chi connectivity index (χ0) is 15.6. The molecule has 0 saturated carbocycles. The number of hydrogen-bond acceptors (Lipinski definition) is 4. The van der Waals surface area contributed by atoms with Crippen LogP contribution >= 0.6 is 12.4 Å². The van der Waals surface area contributed by atoms with Gasteiger partial charge in [0.25, 0.3) is 0 Å². The van der Waals surface area contributed by atoms with Crippen molar-refractivity contribution in [1.29, 1.82) is 0 Å². The van der Waals surface area contributed by atoms with E-state index in [1.165, 1.54) is 0 Å². The molecule has 23 heavy (non-hydrogen) atoms. The van der Waals surface area contributed by atoms with Crippen LogP contribution in [0.2, 0.25) is 0 Å². The number of carbonyl (C=O) groups is 2. The van der Waals surface area contributed by atoms with Crippen molar-refractivity contribution in [2.75, 3.05) is 45.8 Å². The largest absolute Gasteiger partial charge is 0.353 e. The molecule has 6 nitrogen and oxygen atoms in total. The van der Waals surface area contributed by atoms with Crippen molar-refractivity contribution in [2.24, 2.45) is 0 Å². The normalized spacial score (nSPS) is 14.6. The van der Waals surface area contributed by atoms with Gasteiger partial charge in [0.05, 0.1) is 13.0 Å². The molecule has 1 aliphatic rings. The third-order valence-electron chi connectivity index (χ3n) is 3.61. The lowest BCUT2D eigenvalue weighted by Gasteiger charge is -2.27. The van der Waals surface area contributed by atoms with E-state index in [9.17, 15) is 9.59 Å². The Balaban J connectivity index is 0.00000264. The minimum atomic E-state index is -0.142. The molecule has 0 atom stereocenters. The molecule has 1 aliphatic heterocycles. The average molecular weight is 341 g/mol. The molecule has 128 valence electrons. The Hall–Kier alpha value is -1.63. The van der Waals surface area contributed by atoms with Crippen LogP contribution in [-0.4, -0.2) is 62.5 Å². The summed E-state index contributed by atoms with van der Waals surface area (Å²) in [5.41, 5.74) is 0.944. The van der Waals surface area contributed by atoms with Crippen molar-refractivity contribution in [3.8, 4) is 0 Å². The molecule has 1 aromatic rings. The fraction of sp³-hybridized carbons (Fsp3) is 0.500. The van der Waals surface area contributed by atoms with Crippen LogP contribution in [0.25, 0.3) is 0 Å².